The Kier molecular flexibility index (Phi) is 6.33. The van der Waals surface area contributed by atoms with Crippen LogP contribution >= 0.6 is 0 Å². The molecule has 0 saturated heterocycles. The molecule has 1 aliphatic rings. The van der Waals surface area contributed by atoms with Crippen LogP contribution in [0.1, 0.15) is 43.5 Å². The molecule has 0 aliphatic heterocycles. The van der Waals surface area contributed by atoms with E-state index in [4.69, 9.17) is 4.74 Å². The second-order valence-electron chi connectivity index (χ2n) is 6.15. The number of hydrogen-bond donors (Lipinski definition) is 2. The van der Waals surface area contributed by atoms with Crippen molar-refractivity contribution in [2.45, 2.75) is 39.2 Å². The third-order valence-corrected chi connectivity index (χ3v) is 4.38. The van der Waals surface area contributed by atoms with Gasteiger partial charge in [0.1, 0.15) is 0 Å². The molecular formula is C19H23NO5. The summed E-state index contributed by atoms with van der Waals surface area (Å²) in [5.74, 6) is -3.01. The third kappa shape index (κ3) is 4.68. The number of benzene rings is 1. The Hall–Kier alpha value is -2.63. The van der Waals surface area contributed by atoms with E-state index < -0.39 is 17.8 Å². The van der Waals surface area contributed by atoms with Crippen molar-refractivity contribution < 1.29 is 24.2 Å². The van der Waals surface area contributed by atoms with Crippen molar-refractivity contribution >= 4 is 23.5 Å². The summed E-state index contributed by atoms with van der Waals surface area (Å²) in [5, 5.41) is 11.9. The number of carbonyl (C=O) groups is 3. The lowest BCUT2D eigenvalue weighted by Gasteiger charge is -2.27. The van der Waals surface area contributed by atoms with Gasteiger partial charge in [-0.25, -0.2) is 4.79 Å². The first kappa shape index (κ1) is 18.7. The summed E-state index contributed by atoms with van der Waals surface area (Å²) in [5.41, 5.74) is 0.240. The number of anilines is 1. The molecule has 134 valence electrons. The third-order valence-electron chi connectivity index (χ3n) is 4.38. The number of aromatic carboxylic acids is 1. The van der Waals surface area contributed by atoms with Gasteiger partial charge in [0, 0.05) is 0 Å². The average Bonchev–Trinajstić information content (AvgIpc) is 2.61. The van der Waals surface area contributed by atoms with Crippen LogP contribution in [-0.2, 0) is 14.3 Å². The predicted molar refractivity (Wildman–Crippen MR) is 93.2 cm³/mol. The zero-order chi connectivity index (χ0) is 18.4. The first-order chi connectivity index (χ1) is 11.9. The summed E-state index contributed by atoms with van der Waals surface area (Å²) in [7, 11) is 0. The molecule has 0 bridgehead atoms. The van der Waals surface area contributed by atoms with E-state index in [9.17, 15) is 19.5 Å². The molecular weight excluding hydrogens is 322 g/mol. The van der Waals surface area contributed by atoms with Gasteiger partial charge in [-0.15, -0.1) is 0 Å². The molecule has 1 aliphatic carbocycles. The van der Waals surface area contributed by atoms with Gasteiger partial charge >= 0.3 is 11.9 Å². The summed E-state index contributed by atoms with van der Waals surface area (Å²) in [6.07, 6.45) is 5.10. The Morgan fingerprint density at radius 1 is 1.20 bits per heavy atom. The van der Waals surface area contributed by atoms with Crippen LogP contribution in [-0.4, -0.2) is 29.1 Å². The number of ether oxygens (including phenoxy) is 1. The smallest absolute Gasteiger partial charge is 0.337 e. The molecule has 0 radical (unpaired) electrons. The summed E-state index contributed by atoms with van der Waals surface area (Å²) < 4.78 is 5.38. The fourth-order valence-electron chi connectivity index (χ4n) is 2.74. The quantitative estimate of drug-likeness (QED) is 0.610. The maximum atomic E-state index is 12.7. The number of carbonyl (C=O) groups excluding carboxylic acids is 2. The van der Waals surface area contributed by atoms with Crippen molar-refractivity contribution in [1.82, 2.24) is 0 Å². The molecule has 2 rings (SSSR count). The number of carboxylic acids is 1. The van der Waals surface area contributed by atoms with Crippen LogP contribution < -0.4 is 5.32 Å². The summed E-state index contributed by atoms with van der Waals surface area (Å²) >= 11 is 0. The fraction of sp³-hybridized carbons (Fsp3) is 0.421. The molecule has 1 aromatic rings. The second-order valence-corrected chi connectivity index (χ2v) is 6.15. The highest BCUT2D eigenvalue weighted by Crippen LogP contribution is 2.29. The van der Waals surface area contributed by atoms with Gasteiger partial charge in [-0.05, 0) is 38.3 Å². The van der Waals surface area contributed by atoms with Crippen LogP contribution in [0.4, 0.5) is 5.69 Å². The topological polar surface area (TPSA) is 92.7 Å². The number of nitrogens with one attached hydrogen (secondary N) is 1. The maximum absolute atomic E-state index is 12.7. The molecule has 6 nitrogen and oxygen atoms in total. The Balaban J connectivity index is 2.15. The zero-order valence-electron chi connectivity index (χ0n) is 14.4. The van der Waals surface area contributed by atoms with Crippen molar-refractivity contribution in [2.24, 2.45) is 11.8 Å². The molecule has 2 N–H and O–H groups in total. The molecule has 0 heterocycles. The number of esters is 1. The molecule has 0 fully saturated rings. The molecule has 1 aromatic carbocycles. The monoisotopic (exact) mass is 345 g/mol. The Labute approximate surface area is 146 Å². The van der Waals surface area contributed by atoms with Gasteiger partial charge < -0.3 is 15.2 Å². The maximum Gasteiger partial charge on any atom is 0.337 e. The Bertz CT molecular complexity index is 682. The van der Waals surface area contributed by atoms with Gasteiger partial charge in [0.05, 0.1) is 29.2 Å². The van der Waals surface area contributed by atoms with Crippen molar-refractivity contribution in [3.05, 3.63) is 42.0 Å². The summed E-state index contributed by atoms with van der Waals surface area (Å²) in [6, 6.07) is 6.20. The van der Waals surface area contributed by atoms with Crippen molar-refractivity contribution in [2.75, 3.05) is 5.32 Å². The lowest BCUT2D eigenvalue weighted by molar-refractivity contribution is -0.157. The SMILES string of the molecule is CCC(C)OC(=O)C1CC=CCC1C(=O)Nc1ccccc1C(=O)O. The fourth-order valence-corrected chi connectivity index (χ4v) is 2.74. The number of hydrogen-bond acceptors (Lipinski definition) is 4. The van der Waals surface area contributed by atoms with Crippen LogP contribution in [0.5, 0.6) is 0 Å². The first-order valence-corrected chi connectivity index (χ1v) is 8.42. The van der Waals surface area contributed by atoms with Crippen molar-refractivity contribution in [3.63, 3.8) is 0 Å². The molecule has 3 atom stereocenters. The molecule has 6 heteroatoms. The van der Waals surface area contributed by atoms with Gasteiger partial charge in [-0.3, -0.25) is 9.59 Å². The molecule has 1 amide bonds. The second kappa shape index (κ2) is 8.46. The van der Waals surface area contributed by atoms with Gasteiger partial charge in [0.15, 0.2) is 0 Å². The van der Waals surface area contributed by atoms with Crippen LogP contribution in [0.2, 0.25) is 0 Å². The minimum absolute atomic E-state index is 0.0148. The lowest BCUT2D eigenvalue weighted by Crippen LogP contribution is -2.37. The van der Waals surface area contributed by atoms with Gasteiger partial charge in [0.2, 0.25) is 5.91 Å². The van der Waals surface area contributed by atoms with Gasteiger partial charge in [-0.1, -0.05) is 31.2 Å². The van der Waals surface area contributed by atoms with Crippen molar-refractivity contribution in [1.29, 1.82) is 0 Å². The largest absolute Gasteiger partial charge is 0.478 e. The van der Waals surface area contributed by atoms with E-state index >= 15 is 0 Å². The van der Waals surface area contributed by atoms with Crippen LogP contribution in [0.3, 0.4) is 0 Å². The van der Waals surface area contributed by atoms with Crippen molar-refractivity contribution in [3.8, 4) is 0 Å². The average molecular weight is 345 g/mol. The van der Waals surface area contributed by atoms with Crippen LogP contribution in [0.25, 0.3) is 0 Å². The highest BCUT2D eigenvalue weighted by atomic mass is 16.5. The number of carboxylic acid groups (broad SMARTS) is 1. The first-order valence-electron chi connectivity index (χ1n) is 8.42. The molecule has 25 heavy (non-hydrogen) atoms. The zero-order valence-corrected chi connectivity index (χ0v) is 14.4. The van der Waals surface area contributed by atoms with E-state index in [0.29, 0.717) is 19.3 Å². The van der Waals surface area contributed by atoms with E-state index in [1.54, 1.807) is 12.1 Å². The van der Waals surface area contributed by atoms with E-state index in [2.05, 4.69) is 5.32 Å². The van der Waals surface area contributed by atoms with Crippen LogP contribution in [0, 0.1) is 11.8 Å². The summed E-state index contributed by atoms with van der Waals surface area (Å²) in [4.78, 5) is 36.3. The standard InChI is InChI=1S/C19H23NO5/c1-3-12(2)25-19(24)14-9-5-4-8-13(14)17(21)20-16-11-7-6-10-15(16)18(22)23/h4-7,10-14H,3,8-9H2,1-2H3,(H,20,21)(H,22,23). The van der Waals surface area contributed by atoms with Gasteiger partial charge in [0.25, 0.3) is 0 Å². The van der Waals surface area contributed by atoms with Crippen LogP contribution in [0.15, 0.2) is 36.4 Å². The van der Waals surface area contributed by atoms with Gasteiger partial charge in [-0.2, -0.15) is 0 Å². The summed E-state index contributed by atoms with van der Waals surface area (Å²) in [6.45, 7) is 3.74. The minimum atomic E-state index is -1.12. The normalized spacial score (nSPS) is 20.6. The molecule has 0 spiro atoms. The highest BCUT2D eigenvalue weighted by molar-refractivity contribution is 6.02. The minimum Gasteiger partial charge on any atom is -0.478 e. The Morgan fingerprint density at radius 2 is 1.84 bits per heavy atom. The number of rotatable bonds is 6. The number of allylic oxidation sites excluding steroid dienone is 2. The van der Waals surface area contributed by atoms with E-state index in [-0.39, 0.29) is 29.2 Å². The van der Waals surface area contributed by atoms with E-state index in [0.717, 1.165) is 0 Å². The lowest BCUT2D eigenvalue weighted by atomic mass is 9.82. The number of amides is 1. The molecule has 0 aromatic heterocycles. The molecule has 3 unspecified atom stereocenters. The molecule has 0 saturated carbocycles. The number of para-hydroxylation sites is 1. The predicted octanol–water partition coefficient (Wildman–Crippen LogP) is 3.25. The van der Waals surface area contributed by atoms with E-state index in [1.807, 2.05) is 26.0 Å². The highest BCUT2D eigenvalue weighted by Gasteiger charge is 2.36. The Morgan fingerprint density at radius 3 is 2.48 bits per heavy atom. The van der Waals surface area contributed by atoms with E-state index in [1.165, 1.54) is 12.1 Å².